The van der Waals surface area contributed by atoms with Gasteiger partial charge in [-0.2, -0.15) is 0 Å². The quantitative estimate of drug-likeness (QED) is 0.563. The molecule has 0 aliphatic rings. The molecule has 0 amide bonds. The maximum atomic E-state index is 6.29. The van der Waals surface area contributed by atoms with Gasteiger partial charge in [0, 0.05) is 15.6 Å². The fourth-order valence-corrected chi connectivity index (χ4v) is 3.73. The van der Waals surface area contributed by atoms with E-state index >= 15 is 0 Å². The van der Waals surface area contributed by atoms with Gasteiger partial charge in [-0.3, -0.25) is 0 Å². The zero-order valence-corrected chi connectivity index (χ0v) is 15.1. The van der Waals surface area contributed by atoms with Gasteiger partial charge in [0.25, 0.3) is 0 Å². The number of hydrogen-bond acceptors (Lipinski definition) is 2. The fraction of sp³-hybridized carbons (Fsp3) is 0.200. The molecule has 0 radical (unpaired) electrons. The molecule has 1 atom stereocenters. The first-order valence-corrected chi connectivity index (χ1v) is 8.04. The van der Waals surface area contributed by atoms with Gasteiger partial charge in [0.2, 0.25) is 0 Å². The highest BCUT2D eigenvalue weighted by Gasteiger charge is 2.21. The van der Waals surface area contributed by atoms with E-state index in [-0.39, 0.29) is 4.83 Å². The third-order valence-corrected chi connectivity index (χ3v) is 4.93. The van der Waals surface area contributed by atoms with Crippen LogP contribution < -0.4 is 9.47 Å². The molecule has 2 aromatic rings. The Morgan fingerprint density at radius 3 is 2.19 bits per heavy atom. The molecule has 21 heavy (non-hydrogen) atoms. The summed E-state index contributed by atoms with van der Waals surface area (Å²) >= 11 is 22.1. The number of alkyl halides is 1. The highest BCUT2D eigenvalue weighted by molar-refractivity contribution is 9.09. The van der Waals surface area contributed by atoms with Gasteiger partial charge in [-0.05, 0) is 23.8 Å². The Morgan fingerprint density at radius 1 is 0.952 bits per heavy atom. The summed E-state index contributed by atoms with van der Waals surface area (Å²) in [5.74, 6) is 1.10. The Morgan fingerprint density at radius 2 is 1.62 bits per heavy atom. The minimum atomic E-state index is -0.180. The average Bonchev–Trinajstić information content (AvgIpc) is 2.46. The minimum absolute atomic E-state index is 0.180. The number of benzene rings is 2. The molecule has 6 heteroatoms. The Bertz CT molecular complexity index is 662. The first-order valence-electron chi connectivity index (χ1n) is 5.99. The van der Waals surface area contributed by atoms with Crippen molar-refractivity contribution in [1.82, 2.24) is 0 Å². The molecular formula is C15H12BrCl3O2. The summed E-state index contributed by atoms with van der Waals surface area (Å²) in [6.45, 7) is 0. The fourth-order valence-electron chi connectivity index (χ4n) is 1.99. The predicted octanol–water partition coefficient (Wildman–Crippen LogP) is 6.15. The summed E-state index contributed by atoms with van der Waals surface area (Å²) in [7, 11) is 3.12. The normalized spacial score (nSPS) is 12.1. The first kappa shape index (κ1) is 16.8. The Balaban J connectivity index is 2.52. The van der Waals surface area contributed by atoms with E-state index in [1.54, 1.807) is 32.4 Å². The lowest BCUT2D eigenvalue weighted by Crippen LogP contribution is -2.00. The number of hydrogen-bond donors (Lipinski definition) is 0. The van der Waals surface area contributed by atoms with Crippen LogP contribution in [0.25, 0.3) is 0 Å². The molecule has 0 aliphatic heterocycles. The third-order valence-electron chi connectivity index (χ3n) is 3.02. The molecule has 0 spiro atoms. The topological polar surface area (TPSA) is 18.5 Å². The number of methoxy groups -OCH3 is 2. The van der Waals surface area contributed by atoms with Gasteiger partial charge in [-0.1, -0.05) is 62.9 Å². The molecule has 0 fully saturated rings. The predicted molar refractivity (Wildman–Crippen MR) is 91.8 cm³/mol. The zero-order chi connectivity index (χ0) is 15.6. The van der Waals surface area contributed by atoms with E-state index in [9.17, 15) is 0 Å². The van der Waals surface area contributed by atoms with E-state index in [2.05, 4.69) is 15.9 Å². The van der Waals surface area contributed by atoms with Crippen LogP contribution in [0.3, 0.4) is 0 Å². The van der Waals surface area contributed by atoms with E-state index in [0.29, 0.717) is 26.6 Å². The van der Waals surface area contributed by atoms with Crippen molar-refractivity contribution in [2.45, 2.75) is 4.83 Å². The summed E-state index contributed by atoms with van der Waals surface area (Å²) < 4.78 is 10.6. The van der Waals surface area contributed by atoms with Crippen molar-refractivity contribution in [2.24, 2.45) is 0 Å². The van der Waals surface area contributed by atoms with E-state index in [0.717, 1.165) is 11.1 Å². The van der Waals surface area contributed by atoms with Crippen LogP contribution >= 0.6 is 50.7 Å². The van der Waals surface area contributed by atoms with Gasteiger partial charge in [0.05, 0.1) is 19.0 Å². The third kappa shape index (κ3) is 3.42. The van der Waals surface area contributed by atoms with Gasteiger partial charge in [-0.25, -0.2) is 0 Å². The van der Waals surface area contributed by atoms with Crippen LogP contribution in [0.15, 0.2) is 30.3 Å². The van der Waals surface area contributed by atoms with Crippen molar-refractivity contribution in [3.63, 3.8) is 0 Å². The van der Waals surface area contributed by atoms with E-state index in [4.69, 9.17) is 44.3 Å². The molecule has 112 valence electrons. The van der Waals surface area contributed by atoms with E-state index in [1.165, 1.54) is 0 Å². The van der Waals surface area contributed by atoms with Crippen molar-refractivity contribution in [3.05, 3.63) is 56.5 Å². The second-order valence-electron chi connectivity index (χ2n) is 4.23. The van der Waals surface area contributed by atoms with E-state index in [1.807, 2.05) is 12.1 Å². The summed E-state index contributed by atoms with van der Waals surface area (Å²) in [6, 6.07) is 9.02. The van der Waals surface area contributed by atoms with E-state index < -0.39 is 0 Å². The summed E-state index contributed by atoms with van der Waals surface area (Å²) in [5.41, 5.74) is 1.73. The molecule has 0 saturated heterocycles. The average molecular weight is 411 g/mol. The number of rotatable bonds is 4. The molecule has 0 bridgehead atoms. The molecule has 0 aliphatic carbocycles. The molecule has 2 aromatic carbocycles. The molecule has 0 aromatic heterocycles. The Labute approximate surface area is 147 Å². The van der Waals surface area contributed by atoms with Gasteiger partial charge in [-0.15, -0.1) is 0 Å². The molecule has 0 saturated carbocycles. The Kier molecular flexibility index (Phi) is 5.67. The molecule has 2 rings (SSSR count). The maximum Gasteiger partial charge on any atom is 0.145 e. The minimum Gasteiger partial charge on any atom is -0.495 e. The molecule has 0 heterocycles. The number of halogens is 4. The summed E-state index contributed by atoms with van der Waals surface area (Å²) in [6.07, 6.45) is 0. The monoisotopic (exact) mass is 408 g/mol. The Hall–Kier alpha value is -0.610. The van der Waals surface area contributed by atoms with Crippen LogP contribution in [0, 0.1) is 0 Å². The largest absolute Gasteiger partial charge is 0.495 e. The van der Waals surface area contributed by atoms with Gasteiger partial charge >= 0.3 is 0 Å². The highest BCUT2D eigenvalue weighted by atomic mass is 79.9. The maximum absolute atomic E-state index is 6.29. The van der Waals surface area contributed by atoms with Crippen molar-refractivity contribution < 1.29 is 9.47 Å². The molecule has 0 N–H and O–H groups in total. The highest BCUT2D eigenvalue weighted by Crippen LogP contribution is 2.45. The summed E-state index contributed by atoms with van der Waals surface area (Å²) in [4.78, 5) is -0.180. The van der Waals surface area contributed by atoms with Crippen LogP contribution in [0.5, 0.6) is 11.5 Å². The SMILES string of the molecule is COc1ccc(C(Br)c2ccc(Cl)cc2Cl)c(OC)c1Cl. The standard InChI is InChI=1S/C15H12BrCl3O2/c1-20-12-6-5-10(15(21-2)14(12)19)13(16)9-4-3-8(17)7-11(9)18/h3-7,13H,1-2H3. The first-order chi connectivity index (χ1) is 9.99. The lowest BCUT2D eigenvalue weighted by atomic mass is 10.0. The summed E-state index contributed by atoms with van der Waals surface area (Å²) in [5, 5.41) is 1.58. The van der Waals surface area contributed by atoms with Gasteiger partial charge in [0.15, 0.2) is 0 Å². The van der Waals surface area contributed by atoms with Crippen molar-refractivity contribution in [3.8, 4) is 11.5 Å². The van der Waals surface area contributed by atoms with Crippen LogP contribution in [0.1, 0.15) is 16.0 Å². The second-order valence-corrected chi connectivity index (χ2v) is 6.37. The van der Waals surface area contributed by atoms with Gasteiger partial charge < -0.3 is 9.47 Å². The van der Waals surface area contributed by atoms with Crippen molar-refractivity contribution in [1.29, 1.82) is 0 Å². The van der Waals surface area contributed by atoms with Gasteiger partial charge in [0.1, 0.15) is 16.5 Å². The zero-order valence-electron chi connectivity index (χ0n) is 11.3. The molecular weight excluding hydrogens is 398 g/mol. The second kappa shape index (κ2) is 7.10. The van der Waals surface area contributed by atoms with Crippen LogP contribution in [0.4, 0.5) is 0 Å². The van der Waals surface area contributed by atoms with Crippen LogP contribution in [-0.4, -0.2) is 14.2 Å². The van der Waals surface area contributed by atoms with Crippen molar-refractivity contribution >= 4 is 50.7 Å². The van der Waals surface area contributed by atoms with Crippen LogP contribution in [0.2, 0.25) is 15.1 Å². The smallest absolute Gasteiger partial charge is 0.145 e. The number of ether oxygens (including phenoxy) is 2. The van der Waals surface area contributed by atoms with Crippen LogP contribution in [-0.2, 0) is 0 Å². The molecule has 2 nitrogen and oxygen atoms in total. The molecule has 1 unspecified atom stereocenters. The van der Waals surface area contributed by atoms with Crippen molar-refractivity contribution in [2.75, 3.05) is 14.2 Å². The lowest BCUT2D eigenvalue weighted by molar-refractivity contribution is 0.392. The lowest BCUT2D eigenvalue weighted by Gasteiger charge is -2.18.